The Bertz CT molecular complexity index is 1130. The molecule has 174 valence electrons. The van der Waals surface area contributed by atoms with E-state index in [2.05, 4.69) is 9.72 Å². The van der Waals surface area contributed by atoms with Crippen LogP contribution in [0, 0.1) is 21.7 Å². The third kappa shape index (κ3) is 5.76. The van der Waals surface area contributed by atoms with Crippen molar-refractivity contribution in [2.75, 3.05) is 6.54 Å². The van der Waals surface area contributed by atoms with Crippen molar-refractivity contribution in [3.63, 3.8) is 0 Å². The van der Waals surface area contributed by atoms with E-state index in [0.717, 1.165) is 24.4 Å². The first-order chi connectivity index (χ1) is 15.4. The molecule has 0 saturated carbocycles. The van der Waals surface area contributed by atoms with Gasteiger partial charge in [-0.1, -0.05) is 24.3 Å². The summed E-state index contributed by atoms with van der Waals surface area (Å²) in [7, 11) is 0. The number of nitro groups is 1. The standard InChI is InChI=1S/C21H13F7N2O3/c22-14-4-7-16(18(23)9-14)17(11-30(31)32)20(24,25)19-8-3-13(10-29-19)12-1-5-15(6-2-12)33-21(26,27)28/h1-10,17H,11H2. The molecule has 5 nitrogen and oxygen atoms in total. The Balaban J connectivity index is 1.90. The maximum atomic E-state index is 15.1. The smallest absolute Gasteiger partial charge is 0.406 e. The lowest BCUT2D eigenvalue weighted by atomic mass is 9.89. The highest BCUT2D eigenvalue weighted by atomic mass is 19.4. The van der Waals surface area contributed by atoms with E-state index in [1.165, 1.54) is 18.2 Å². The normalized spacial score (nSPS) is 12.9. The van der Waals surface area contributed by atoms with Crippen LogP contribution in [0.4, 0.5) is 30.7 Å². The zero-order valence-corrected chi connectivity index (χ0v) is 16.3. The first-order valence-corrected chi connectivity index (χ1v) is 9.14. The molecule has 3 rings (SSSR count). The van der Waals surface area contributed by atoms with Crippen molar-refractivity contribution in [1.29, 1.82) is 0 Å². The lowest BCUT2D eigenvalue weighted by Crippen LogP contribution is -2.31. The van der Waals surface area contributed by atoms with Crippen LogP contribution in [0.1, 0.15) is 17.2 Å². The highest BCUT2D eigenvalue weighted by Crippen LogP contribution is 2.42. The van der Waals surface area contributed by atoms with Gasteiger partial charge in [0.15, 0.2) is 0 Å². The molecule has 3 aromatic rings. The summed E-state index contributed by atoms with van der Waals surface area (Å²) in [6, 6.07) is 8.37. The number of rotatable bonds is 7. The van der Waals surface area contributed by atoms with Crippen molar-refractivity contribution in [1.82, 2.24) is 4.98 Å². The van der Waals surface area contributed by atoms with Crippen LogP contribution < -0.4 is 4.74 Å². The molecule has 0 radical (unpaired) electrons. The molecular formula is C21H13F7N2O3. The summed E-state index contributed by atoms with van der Waals surface area (Å²) >= 11 is 0. The van der Waals surface area contributed by atoms with Crippen molar-refractivity contribution in [2.24, 2.45) is 0 Å². The summed E-state index contributed by atoms with van der Waals surface area (Å²) in [6.45, 7) is -1.35. The van der Waals surface area contributed by atoms with Crippen molar-refractivity contribution in [2.45, 2.75) is 18.2 Å². The Morgan fingerprint density at radius 3 is 2.09 bits per heavy atom. The molecule has 0 aliphatic heterocycles. The minimum absolute atomic E-state index is 0.256. The molecule has 0 bridgehead atoms. The molecule has 0 N–H and O–H groups in total. The zero-order chi connectivity index (χ0) is 24.4. The fourth-order valence-corrected chi connectivity index (χ4v) is 3.13. The van der Waals surface area contributed by atoms with E-state index in [9.17, 15) is 32.1 Å². The maximum absolute atomic E-state index is 15.1. The minimum atomic E-state index is -4.87. The van der Waals surface area contributed by atoms with Crippen LogP contribution in [0.3, 0.4) is 0 Å². The topological polar surface area (TPSA) is 65.3 Å². The number of pyridine rings is 1. The van der Waals surface area contributed by atoms with E-state index in [1.54, 1.807) is 0 Å². The van der Waals surface area contributed by atoms with Crippen molar-refractivity contribution in [3.8, 4) is 16.9 Å². The monoisotopic (exact) mass is 474 g/mol. The number of ether oxygens (including phenoxy) is 1. The maximum Gasteiger partial charge on any atom is 0.573 e. The second kappa shape index (κ2) is 9.04. The molecule has 1 aromatic heterocycles. The zero-order valence-electron chi connectivity index (χ0n) is 16.3. The number of halogens is 7. The third-order valence-electron chi connectivity index (χ3n) is 4.63. The van der Waals surface area contributed by atoms with E-state index in [-0.39, 0.29) is 5.56 Å². The van der Waals surface area contributed by atoms with Crippen molar-refractivity contribution >= 4 is 0 Å². The predicted molar refractivity (Wildman–Crippen MR) is 101 cm³/mol. The predicted octanol–water partition coefficient (Wildman–Crippen LogP) is 6.08. The van der Waals surface area contributed by atoms with E-state index in [1.807, 2.05) is 0 Å². The van der Waals surface area contributed by atoms with Crippen LogP contribution in [-0.2, 0) is 5.92 Å². The molecule has 1 atom stereocenters. The first kappa shape index (κ1) is 24.0. The Kier molecular flexibility index (Phi) is 6.56. The summed E-state index contributed by atoms with van der Waals surface area (Å²) < 4.78 is 98.1. The molecule has 2 aromatic carbocycles. The highest BCUT2D eigenvalue weighted by Gasteiger charge is 2.48. The average Bonchev–Trinajstić information content (AvgIpc) is 2.72. The third-order valence-corrected chi connectivity index (χ3v) is 4.63. The fourth-order valence-electron chi connectivity index (χ4n) is 3.13. The van der Waals surface area contributed by atoms with Gasteiger partial charge in [0.25, 0.3) is 0 Å². The molecule has 0 aliphatic rings. The SMILES string of the molecule is O=[N+]([O-])CC(c1ccc(F)cc1F)C(F)(F)c1ccc(-c2ccc(OC(F)(F)F)cc2)cn1. The lowest BCUT2D eigenvalue weighted by molar-refractivity contribution is -0.488. The summed E-state index contributed by atoms with van der Waals surface area (Å²) in [6.07, 6.45) is -3.88. The quantitative estimate of drug-likeness (QED) is 0.237. The molecule has 0 amide bonds. The minimum Gasteiger partial charge on any atom is -0.406 e. The number of hydrogen-bond acceptors (Lipinski definition) is 4. The van der Waals surface area contributed by atoms with E-state index in [0.29, 0.717) is 23.8 Å². The van der Waals surface area contributed by atoms with Crippen molar-refractivity contribution in [3.05, 3.63) is 93.8 Å². The molecule has 1 unspecified atom stereocenters. The number of benzene rings is 2. The van der Waals surface area contributed by atoms with Gasteiger partial charge in [0.2, 0.25) is 6.54 Å². The lowest BCUT2D eigenvalue weighted by Gasteiger charge is -2.24. The number of aromatic nitrogens is 1. The molecule has 0 saturated heterocycles. The summed E-state index contributed by atoms with van der Waals surface area (Å²) in [5, 5.41) is 11.0. The Labute approximate surface area is 181 Å². The van der Waals surface area contributed by atoms with Crippen molar-refractivity contribution < 1.29 is 40.4 Å². The average molecular weight is 474 g/mol. The largest absolute Gasteiger partial charge is 0.573 e. The molecule has 12 heteroatoms. The summed E-state index contributed by atoms with van der Waals surface area (Å²) in [5.41, 5.74) is -1.06. The van der Waals surface area contributed by atoms with Gasteiger partial charge in [-0.2, -0.15) is 8.78 Å². The Hall–Kier alpha value is -3.70. The molecule has 0 aliphatic carbocycles. The molecule has 33 heavy (non-hydrogen) atoms. The van der Waals surface area contributed by atoms with Gasteiger partial charge in [-0.05, 0) is 29.8 Å². The van der Waals surface area contributed by atoms with Gasteiger partial charge in [-0.25, -0.2) is 8.78 Å². The van der Waals surface area contributed by atoms with Gasteiger partial charge in [-0.3, -0.25) is 15.1 Å². The Morgan fingerprint density at radius 2 is 1.58 bits per heavy atom. The van der Waals surface area contributed by atoms with Crippen LogP contribution >= 0.6 is 0 Å². The molecule has 0 spiro atoms. The van der Waals surface area contributed by atoms with Crippen LogP contribution in [-0.4, -0.2) is 22.8 Å². The van der Waals surface area contributed by atoms with Gasteiger partial charge >= 0.3 is 12.3 Å². The second-order valence-electron chi connectivity index (χ2n) is 6.86. The second-order valence-corrected chi connectivity index (χ2v) is 6.86. The van der Waals surface area contributed by atoms with Crippen LogP contribution in [0.15, 0.2) is 60.8 Å². The highest BCUT2D eigenvalue weighted by molar-refractivity contribution is 5.63. The van der Waals surface area contributed by atoms with Gasteiger partial charge in [-0.15, -0.1) is 13.2 Å². The van der Waals surface area contributed by atoms with Crippen LogP contribution in [0.5, 0.6) is 5.75 Å². The van der Waals surface area contributed by atoms with Gasteiger partial charge < -0.3 is 4.74 Å². The van der Waals surface area contributed by atoms with E-state index >= 15 is 8.78 Å². The molecule has 1 heterocycles. The summed E-state index contributed by atoms with van der Waals surface area (Å²) in [4.78, 5) is 13.6. The summed E-state index contributed by atoms with van der Waals surface area (Å²) in [5.74, 6) is -9.15. The van der Waals surface area contributed by atoms with Crippen LogP contribution in [0.2, 0.25) is 0 Å². The molecule has 0 fully saturated rings. The van der Waals surface area contributed by atoms with Gasteiger partial charge in [0.05, 0.1) is 0 Å². The first-order valence-electron chi connectivity index (χ1n) is 9.14. The number of alkyl halides is 5. The Morgan fingerprint density at radius 1 is 0.939 bits per heavy atom. The van der Waals surface area contributed by atoms with Crippen LogP contribution in [0.25, 0.3) is 11.1 Å². The number of hydrogen-bond donors (Lipinski definition) is 0. The van der Waals surface area contributed by atoms with E-state index in [4.69, 9.17) is 0 Å². The fraction of sp³-hybridized carbons (Fsp3) is 0.190. The van der Waals surface area contributed by atoms with Gasteiger partial charge in [0, 0.05) is 28.3 Å². The number of nitrogens with zero attached hydrogens (tertiary/aromatic N) is 2. The van der Waals surface area contributed by atoms with Gasteiger partial charge in [0.1, 0.15) is 29.0 Å². The van der Waals surface area contributed by atoms with E-state index < -0.39 is 58.3 Å². The molecular weight excluding hydrogens is 461 g/mol.